The topological polar surface area (TPSA) is 101 Å². The molecule has 0 radical (unpaired) electrons. The monoisotopic (exact) mass is 427 g/mol. The van der Waals surface area contributed by atoms with Gasteiger partial charge in [0.2, 0.25) is 11.8 Å². The number of nitrogens with two attached hydrogens (primary N) is 1. The van der Waals surface area contributed by atoms with Gasteiger partial charge in [0.15, 0.2) is 0 Å². The predicted molar refractivity (Wildman–Crippen MR) is 112 cm³/mol. The number of benzene rings is 3. The Hall–Kier alpha value is -3.09. The van der Waals surface area contributed by atoms with Gasteiger partial charge >= 0.3 is 6.03 Å². The van der Waals surface area contributed by atoms with Crippen LogP contribution in [0, 0.1) is 5.92 Å². The van der Waals surface area contributed by atoms with Crippen LogP contribution in [0.1, 0.15) is 17.0 Å². The maximum Gasteiger partial charge on any atom is 0.318 e. The van der Waals surface area contributed by atoms with Crippen LogP contribution in [0.25, 0.3) is 10.8 Å². The van der Waals surface area contributed by atoms with Gasteiger partial charge in [0.25, 0.3) is 0 Å². The van der Waals surface area contributed by atoms with Crippen LogP contribution >= 0.6 is 23.2 Å². The van der Waals surface area contributed by atoms with Gasteiger partial charge in [-0.2, -0.15) is 0 Å². The van der Waals surface area contributed by atoms with Gasteiger partial charge in [0.1, 0.15) is 5.92 Å². The summed E-state index contributed by atoms with van der Waals surface area (Å²) >= 11 is 12.5. The third kappa shape index (κ3) is 3.41. The van der Waals surface area contributed by atoms with E-state index < -0.39 is 29.7 Å². The molecule has 6 nitrogen and oxygen atoms in total. The van der Waals surface area contributed by atoms with Crippen molar-refractivity contribution in [3.63, 3.8) is 0 Å². The van der Waals surface area contributed by atoms with Crippen LogP contribution in [0.5, 0.6) is 0 Å². The lowest BCUT2D eigenvalue weighted by Gasteiger charge is -2.34. The number of halogens is 2. The number of anilines is 1. The lowest BCUT2D eigenvalue weighted by Crippen LogP contribution is -2.47. The fourth-order valence-corrected chi connectivity index (χ4v) is 4.35. The molecule has 146 valence electrons. The first-order valence-corrected chi connectivity index (χ1v) is 9.50. The van der Waals surface area contributed by atoms with Crippen molar-refractivity contribution < 1.29 is 14.4 Å². The number of imide groups is 1. The molecule has 2 atom stereocenters. The van der Waals surface area contributed by atoms with Gasteiger partial charge in [-0.05, 0) is 40.1 Å². The molecule has 4 N–H and O–H groups in total. The lowest BCUT2D eigenvalue weighted by molar-refractivity contribution is -0.132. The molecule has 0 saturated heterocycles. The molecular weight excluding hydrogens is 413 g/mol. The molecule has 0 spiro atoms. The molecule has 1 heterocycles. The molecule has 0 bridgehead atoms. The first-order valence-electron chi connectivity index (χ1n) is 8.74. The first kappa shape index (κ1) is 19.2. The van der Waals surface area contributed by atoms with Gasteiger partial charge in [0.05, 0.1) is 0 Å². The number of primary amides is 1. The Morgan fingerprint density at radius 2 is 1.79 bits per heavy atom. The Morgan fingerprint density at radius 3 is 2.52 bits per heavy atom. The number of hydrogen-bond acceptors (Lipinski definition) is 3. The minimum Gasteiger partial charge on any atom is -0.351 e. The van der Waals surface area contributed by atoms with E-state index in [1.165, 1.54) is 0 Å². The lowest BCUT2D eigenvalue weighted by atomic mass is 9.75. The summed E-state index contributed by atoms with van der Waals surface area (Å²) in [6, 6.07) is 15.1. The second kappa shape index (κ2) is 7.39. The van der Waals surface area contributed by atoms with Crippen molar-refractivity contribution in [2.75, 3.05) is 5.32 Å². The Balaban J connectivity index is 2.01. The van der Waals surface area contributed by atoms with Crippen molar-refractivity contribution in [3.8, 4) is 0 Å². The highest BCUT2D eigenvalue weighted by atomic mass is 35.5. The predicted octanol–water partition coefficient (Wildman–Crippen LogP) is 4.04. The van der Waals surface area contributed by atoms with Gasteiger partial charge in [-0.15, -0.1) is 0 Å². The zero-order valence-electron chi connectivity index (χ0n) is 14.9. The zero-order valence-corrected chi connectivity index (χ0v) is 16.4. The van der Waals surface area contributed by atoms with Gasteiger partial charge in [0, 0.05) is 21.7 Å². The van der Waals surface area contributed by atoms with Gasteiger partial charge in [-0.25, -0.2) is 4.79 Å². The number of rotatable bonds is 2. The number of urea groups is 1. The highest BCUT2D eigenvalue weighted by Gasteiger charge is 2.43. The molecule has 4 rings (SSSR count). The minimum absolute atomic E-state index is 0.313. The third-order valence-electron chi connectivity index (χ3n) is 4.98. The maximum atomic E-state index is 12.9. The molecule has 0 aromatic heterocycles. The molecule has 29 heavy (non-hydrogen) atoms. The van der Waals surface area contributed by atoms with Crippen molar-refractivity contribution in [1.82, 2.24) is 5.32 Å². The molecule has 0 saturated carbocycles. The fourth-order valence-electron chi connectivity index (χ4n) is 3.83. The quantitative estimate of drug-likeness (QED) is 0.537. The number of nitrogens with one attached hydrogen (secondary N) is 2. The molecule has 1 aliphatic heterocycles. The smallest absolute Gasteiger partial charge is 0.318 e. The third-order valence-corrected chi connectivity index (χ3v) is 5.54. The average molecular weight is 428 g/mol. The summed E-state index contributed by atoms with van der Waals surface area (Å²) in [7, 11) is 0. The number of fused-ring (bicyclic) bond motifs is 3. The summed E-state index contributed by atoms with van der Waals surface area (Å²) in [5, 5.41) is 7.32. The minimum atomic E-state index is -1.25. The van der Waals surface area contributed by atoms with E-state index in [2.05, 4.69) is 5.32 Å². The summed E-state index contributed by atoms with van der Waals surface area (Å²) in [5.74, 6) is -3.35. The Kier molecular flexibility index (Phi) is 4.90. The molecular formula is C21H15Cl2N3O3. The largest absolute Gasteiger partial charge is 0.351 e. The zero-order chi connectivity index (χ0) is 20.7. The van der Waals surface area contributed by atoms with Crippen molar-refractivity contribution in [1.29, 1.82) is 0 Å². The summed E-state index contributed by atoms with van der Waals surface area (Å²) in [6.45, 7) is 0. The summed E-state index contributed by atoms with van der Waals surface area (Å²) in [4.78, 5) is 37.0. The molecule has 4 amide bonds. The molecule has 0 aliphatic carbocycles. The fraction of sp³-hybridized carbons (Fsp3) is 0.0952. The second-order valence-corrected chi connectivity index (χ2v) is 7.56. The highest BCUT2D eigenvalue weighted by Crippen LogP contribution is 2.46. The molecule has 3 aromatic carbocycles. The van der Waals surface area contributed by atoms with E-state index in [1.54, 1.807) is 24.3 Å². The van der Waals surface area contributed by atoms with Crippen LogP contribution in [0.3, 0.4) is 0 Å². The first-order chi connectivity index (χ1) is 13.9. The van der Waals surface area contributed by atoms with Crippen LogP contribution < -0.4 is 16.4 Å². The van der Waals surface area contributed by atoms with E-state index in [0.29, 0.717) is 21.3 Å². The number of carbonyl (C=O) groups excluding carboxylic acids is 3. The van der Waals surface area contributed by atoms with Crippen molar-refractivity contribution in [3.05, 3.63) is 75.8 Å². The molecule has 1 aliphatic rings. The summed E-state index contributed by atoms with van der Waals surface area (Å²) < 4.78 is 0. The summed E-state index contributed by atoms with van der Waals surface area (Å²) in [5.41, 5.74) is 6.98. The van der Waals surface area contributed by atoms with Gasteiger partial charge < -0.3 is 11.1 Å². The Bertz CT molecular complexity index is 1180. The van der Waals surface area contributed by atoms with Crippen LogP contribution in [0.4, 0.5) is 10.5 Å². The average Bonchev–Trinajstić information content (AvgIpc) is 2.66. The van der Waals surface area contributed by atoms with Crippen LogP contribution in [-0.2, 0) is 9.59 Å². The van der Waals surface area contributed by atoms with Crippen molar-refractivity contribution in [2.45, 2.75) is 5.92 Å². The SMILES string of the molecule is NC(=O)NC(=O)C1C(=O)Nc2ccc3ccccc3c2C1c1ccc(Cl)cc1Cl. The summed E-state index contributed by atoms with van der Waals surface area (Å²) in [6.07, 6.45) is 0. The van der Waals surface area contributed by atoms with E-state index in [9.17, 15) is 14.4 Å². The normalized spacial score (nSPS) is 18.1. The molecule has 2 unspecified atom stereocenters. The maximum absolute atomic E-state index is 12.9. The van der Waals surface area contributed by atoms with Crippen molar-refractivity contribution in [2.24, 2.45) is 11.7 Å². The van der Waals surface area contributed by atoms with Gasteiger partial charge in [-0.1, -0.05) is 59.6 Å². The number of hydrogen-bond donors (Lipinski definition) is 3. The molecule has 0 fully saturated rings. The van der Waals surface area contributed by atoms with Crippen molar-refractivity contribution >= 4 is 57.5 Å². The number of carbonyl (C=O) groups is 3. The Morgan fingerprint density at radius 1 is 1.03 bits per heavy atom. The standard InChI is InChI=1S/C21H15Cl2N3O3/c22-11-6-7-13(14(23)9-11)17-16-12-4-2-1-3-10(12)5-8-15(16)25-19(27)18(17)20(28)26-21(24)29/h1-9,17-18H,(H,25,27)(H3,24,26,28,29). The second-order valence-electron chi connectivity index (χ2n) is 6.71. The van der Waals surface area contributed by atoms with E-state index in [0.717, 1.165) is 16.3 Å². The van der Waals surface area contributed by atoms with E-state index >= 15 is 0 Å². The van der Waals surface area contributed by atoms with E-state index in [-0.39, 0.29) is 0 Å². The van der Waals surface area contributed by atoms with E-state index in [4.69, 9.17) is 28.9 Å². The highest BCUT2D eigenvalue weighted by molar-refractivity contribution is 6.35. The number of amides is 4. The van der Waals surface area contributed by atoms with Crippen LogP contribution in [0.2, 0.25) is 10.0 Å². The Labute approximate surface area is 176 Å². The van der Waals surface area contributed by atoms with E-state index in [1.807, 2.05) is 35.6 Å². The van der Waals surface area contributed by atoms with Crippen LogP contribution in [-0.4, -0.2) is 17.8 Å². The van der Waals surface area contributed by atoms with Crippen LogP contribution in [0.15, 0.2) is 54.6 Å². The van der Waals surface area contributed by atoms with Gasteiger partial charge in [-0.3, -0.25) is 14.9 Å². The molecule has 3 aromatic rings. The molecule has 8 heteroatoms.